The number of carbonyl (C=O) groups is 1. The maximum absolute atomic E-state index is 12.2. The summed E-state index contributed by atoms with van der Waals surface area (Å²) in [5.74, 6) is -0.0958. The first-order chi connectivity index (χ1) is 16.7. The van der Waals surface area contributed by atoms with Gasteiger partial charge in [0, 0.05) is 36.3 Å². The van der Waals surface area contributed by atoms with Crippen LogP contribution in [0, 0.1) is 0 Å². The molecule has 0 aliphatic carbocycles. The first-order valence-corrected chi connectivity index (χ1v) is 12.6. The molecule has 2 aromatic carbocycles. The number of carbonyl (C=O) groups excluding carboxylic acids is 1. The highest BCUT2D eigenvalue weighted by atomic mass is 35.5. The Bertz CT molecular complexity index is 1330. The highest BCUT2D eigenvalue weighted by Gasteiger charge is 2.21. The molecule has 0 saturated heterocycles. The number of ether oxygens (including phenoxy) is 1. The fourth-order valence-corrected chi connectivity index (χ4v) is 5.10. The lowest BCUT2D eigenvalue weighted by atomic mass is 10.1. The normalized spacial score (nSPS) is 12.5. The van der Waals surface area contributed by atoms with E-state index in [9.17, 15) is 4.79 Å². The van der Waals surface area contributed by atoms with Gasteiger partial charge >= 0.3 is 0 Å². The summed E-state index contributed by atoms with van der Waals surface area (Å²) in [6, 6.07) is 15.6. The van der Waals surface area contributed by atoms with Gasteiger partial charge in [-0.25, -0.2) is 4.98 Å². The number of aromatic nitrogens is 2. The highest BCUT2D eigenvalue weighted by molar-refractivity contribution is 7.16. The summed E-state index contributed by atoms with van der Waals surface area (Å²) < 4.78 is 8.14. The van der Waals surface area contributed by atoms with Crippen molar-refractivity contribution < 1.29 is 9.53 Å². The molecule has 1 atom stereocenters. The molecule has 4 aromatic rings. The summed E-state index contributed by atoms with van der Waals surface area (Å²) in [4.78, 5) is 21.6. The van der Waals surface area contributed by atoms with Crippen LogP contribution in [0.5, 0.6) is 5.75 Å². The maximum atomic E-state index is 12.2. The van der Waals surface area contributed by atoms with E-state index in [1.807, 2.05) is 47.9 Å². The molecule has 2 heterocycles. The van der Waals surface area contributed by atoms with Crippen LogP contribution in [0.2, 0.25) is 5.02 Å². The number of thiophene rings is 1. The number of fused-ring (bicyclic) bond motifs is 1. The quantitative estimate of drug-likeness (QED) is 0.325. The largest absolute Gasteiger partial charge is 0.484 e. The van der Waals surface area contributed by atoms with E-state index in [1.165, 1.54) is 16.9 Å². The van der Waals surface area contributed by atoms with Crippen molar-refractivity contribution in [2.75, 3.05) is 34.2 Å². The lowest BCUT2D eigenvalue weighted by molar-refractivity contribution is 0.0998. The molecule has 0 aliphatic rings. The van der Waals surface area contributed by atoms with Gasteiger partial charge in [0.2, 0.25) is 0 Å². The second kappa shape index (κ2) is 10.8. The summed E-state index contributed by atoms with van der Waals surface area (Å²) in [5, 5.41) is 1.42. The Morgan fingerprint density at radius 1 is 1.17 bits per heavy atom. The third-order valence-electron chi connectivity index (χ3n) is 5.79. The number of nitrogens with zero attached hydrogens (tertiary/aromatic N) is 4. The fraction of sp³-hybridized carbons (Fsp3) is 0.308. The Hall–Kier alpha value is -2.91. The van der Waals surface area contributed by atoms with Gasteiger partial charge in [0.05, 0.1) is 11.0 Å². The van der Waals surface area contributed by atoms with Crippen molar-refractivity contribution in [3.05, 3.63) is 75.9 Å². The molecule has 0 radical (unpaired) electrons. The highest BCUT2D eigenvalue weighted by Crippen LogP contribution is 2.37. The number of benzene rings is 2. The Labute approximate surface area is 214 Å². The van der Waals surface area contributed by atoms with E-state index in [0.29, 0.717) is 15.6 Å². The molecule has 1 amide bonds. The lowest BCUT2D eigenvalue weighted by Crippen LogP contribution is -2.28. The topological polar surface area (TPSA) is 76.6 Å². The van der Waals surface area contributed by atoms with Gasteiger partial charge in [0.1, 0.15) is 28.1 Å². The number of amides is 1. The van der Waals surface area contributed by atoms with Crippen LogP contribution in [0.4, 0.5) is 0 Å². The molecular weight excluding hydrogens is 482 g/mol. The second-order valence-electron chi connectivity index (χ2n) is 8.90. The summed E-state index contributed by atoms with van der Waals surface area (Å²) in [6.45, 7) is 4.70. The van der Waals surface area contributed by atoms with Crippen LogP contribution >= 0.6 is 22.9 Å². The van der Waals surface area contributed by atoms with Crippen LogP contribution in [0.25, 0.3) is 16.0 Å². The number of nitrogens with two attached hydrogens (primary N) is 1. The zero-order valence-corrected chi connectivity index (χ0v) is 21.9. The average Bonchev–Trinajstić information content (AvgIpc) is 3.41. The molecule has 4 rings (SSSR count). The summed E-state index contributed by atoms with van der Waals surface area (Å²) in [7, 11) is 6.27. The van der Waals surface area contributed by atoms with Gasteiger partial charge in [-0.15, -0.1) is 11.3 Å². The minimum atomic E-state index is -0.532. The van der Waals surface area contributed by atoms with E-state index in [0.717, 1.165) is 41.2 Å². The standard InChI is InChI=1S/C26H30ClN5O2S/c1-17(19-7-5-6-8-20(19)27)34-23-14-24(35-25(23)26(28)33)32-16-29-21-10-9-18(13-22(21)32)15-31(4)12-11-30(2)3/h5-10,13-14,16-17H,11-12,15H2,1-4H3,(H2,28,33)/t17-/m1/s1. The molecule has 0 unspecified atom stereocenters. The van der Waals surface area contributed by atoms with Crippen LogP contribution in [0.15, 0.2) is 54.9 Å². The number of imidazole rings is 1. The van der Waals surface area contributed by atoms with Crippen molar-refractivity contribution in [2.45, 2.75) is 19.6 Å². The van der Waals surface area contributed by atoms with Crippen molar-refractivity contribution >= 4 is 39.9 Å². The Morgan fingerprint density at radius 2 is 1.94 bits per heavy atom. The first kappa shape index (κ1) is 25.2. The number of rotatable bonds is 10. The van der Waals surface area contributed by atoms with Crippen LogP contribution < -0.4 is 10.5 Å². The molecule has 0 bridgehead atoms. The smallest absolute Gasteiger partial charge is 0.262 e. The third kappa shape index (κ3) is 5.85. The van der Waals surface area contributed by atoms with Crippen molar-refractivity contribution in [3.63, 3.8) is 0 Å². The van der Waals surface area contributed by atoms with E-state index in [1.54, 1.807) is 6.33 Å². The van der Waals surface area contributed by atoms with Crippen molar-refractivity contribution in [1.29, 1.82) is 0 Å². The van der Waals surface area contributed by atoms with Gasteiger partial charge < -0.3 is 20.3 Å². The molecule has 184 valence electrons. The van der Waals surface area contributed by atoms with E-state index in [-0.39, 0.29) is 6.10 Å². The van der Waals surface area contributed by atoms with Crippen molar-refractivity contribution in [2.24, 2.45) is 5.73 Å². The zero-order chi connectivity index (χ0) is 25.1. The number of hydrogen-bond donors (Lipinski definition) is 1. The molecule has 7 nitrogen and oxygen atoms in total. The minimum absolute atomic E-state index is 0.354. The van der Waals surface area contributed by atoms with Gasteiger partial charge in [0.25, 0.3) is 5.91 Å². The Morgan fingerprint density at radius 3 is 2.66 bits per heavy atom. The van der Waals surface area contributed by atoms with E-state index < -0.39 is 5.91 Å². The van der Waals surface area contributed by atoms with E-state index >= 15 is 0 Å². The van der Waals surface area contributed by atoms with Gasteiger partial charge in [-0.05, 0) is 51.8 Å². The second-order valence-corrected chi connectivity index (χ2v) is 10.3. The van der Waals surface area contributed by atoms with Gasteiger partial charge in [-0.3, -0.25) is 9.36 Å². The third-order valence-corrected chi connectivity index (χ3v) is 7.26. The van der Waals surface area contributed by atoms with Crippen LogP contribution in [0.1, 0.15) is 33.8 Å². The fourth-order valence-electron chi connectivity index (χ4n) is 3.89. The monoisotopic (exact) mass is 511 g/mol. The van der Waals surface area contributed by atoms with Crippen LogP contribution in [-0.4, -0.2) is 59.5 Å². The molecule has 0 fully saturated rings. The van der Waals surface area contributed by atoms with Crippen molar-refractivity contribution in [1.82, 2.24) is 19.4 Å². The molecule has 0 saturated carbocycles. The predicted molar refractivity (Wildman–Crippen MR) is 143 cm³/mol. The summed E-state index contributed by atoms with van der Waals surface area (Å²) in [5.41, 5.74) is 9.57. The Kier molecular flexibility index (Phi) is 7.76. The van der Waals surface area contributed by atoms with Crippen LogP contribution in [-0.2, 0) is 6.54 Å². The lowest BCUT2D eigenvalue weighted by Gasteiger charge is -2.19. The molecule has 0 spiro atoms. The summed E-state index contributed by atoms with van der Waals surface area (Å²) in [6.07, 6.45) is 1.41. The SMILES string of the molecule is C[C@@H](Oc1cc(-n2cnc3ccc(CN(C)CCN(C)C)cc32)sc1C(N)=O)c1ccccc1Cl. The predicted octanol–water partition coefficient (Wildman–Crippen LogP) is 4.97. The molecule has 0 aliphatic heterocycles. The van der Waals surface area contributed by atoms with Crippen LogP contribution in [0.3, 0.4) is 0 Å². The van der Waals surface area contributed by atoms with Gasteiger partial charge in [-0.1, -0.05) is 35.9 Å². The maximum Gasteiger partial charge on any atom is 0.262 e. The van der Waals surface area contributed by atoms with Gasteiger partial charge in [-0.2, -0.15) is 0 Å². The number of halogens is 1. The zero-order valence-electron chi connectivity index (χ0n) is 20.4. The average molecular weight is 512 g/mol. The first-order valence-electron chi connectivity index (χ1n) is 11.4. The number of likely N-dealkylation sites (N-methyl/N-ethyl adjacent to an activating group) is 2. The molecular formula is C26H30ClN5O2S. The molecule has 35 heavy (non-hydrogen) atoms. The van der Waals surface area contributed by atoms with E-state index in [2.05, 4.69) is 48.1 Å². The number of primary amides is 1. The van der Waals surface area contributed by atoms with Gasteiger partial charge in [0.15, 0.2) is 0 Å². The number of hydrogen-bond acceptors (Lipinski definition) is 6. The van der Waals surface area contributed by atoms with E-state index in [4.69, 9.17) is 22.1 Å². The Balaban J connectivity index is 1.63. The molecule has 2 N–H and O–H groups in total. The molecule has 9 heteroatoms. The van der Waals surface area contributed by atoms with Crippen molar-refractivity contribution in [3.8, 4) is 10.8 Å². The molecule has 2 aromatic heterocycles. The minimum Gasteiger partial charge on any atom is -0.484 e. The summed E-state index contributed by atoms with van der Waals surface area (Å²) >= 11 is 7.63.